The van der Waals surface area contributed by atoms with Gasteiger partial charge in [0.25, 0.3) is 0 Å². The number of thioether (sulfide) groups is 1. The van der Waals surface area contributed by atoms with Crippen LogP contribution in [-0.4, -0.2) is 36.3 Å². The van der Waals surface area contributed by atoms with Gasteiger partial charge < -0.3 is 4.57 Å². The number of rotatable bonds is 8. The Morgan fingerprint density at radius 2 is 2.07 bits per heavy atom. The van der Waals surface area contributed by atoms with E-state index in [0.717, 1.165) is 29.9 Å². The maximum absolute atomic E-state index is 13.5. The predicted octanol–water partition coefficient (Wildman–Crippen LogP) is 4.50. The van der Waals surface area contributed by atoms with E-state index >= 15 is 0 Å². The molecule has 0 atom stereocenters. The molecule has 6 nitrogen and oxygen atoms in total. The zero-order valence-corrected chi connectivity index (χ0v) is 18.2. The van der Waals surface area contributed by atoms with Crippen molar-refractivity contribution in [2.75, 3.05) is 5.75 Å². The van der Waals surface area contributed by atoms with Gasteiger partial charge in [0.1, 0.15) is 5.82 Å². The number of carbonyl (C=O) groups is 1. The smallest absolute Gasteiger partial charge is 0.214 e. The minimum absolute atomic E-state index is 0.0178. The fourth-order valence-electron chi connectivity index (χ4n) is 3.35. The number of halogens is 1. The lowest BCUT2D eigenvalue weighted by molar-refractivity contribution is 0.102. The number of nitrogens with zero attached hydrogens (tertiary/aromatic N) is 5. The summed E-state index contributed by atoms with van der Waals surface area (Å²) in [6, 6.07) is 12.1. The van der Waals surface area contributed by atoms with E-state index in [2.05, 4.69) is 37.6 Å². The molecule has 9 heteroatoms. The monoisotopic (exact) mass is 441 g/mol. The van der Waals surface area contributed by atoms with E-state index < -0.39 is 0 Å². The Bertz CT molecular complexity index is 1170. The van der Waals surface area contributed by atoms with Gasteiger partial charge in [-0.25, -0.2) is 4.39 Å². The van der Waals surface area contributed by atoms with Gasteiger partial charge in [-0.2, -0.15) is 4.68 Å². The number of tetrazole rings is 1. The molecule has 0 saturated carbocycles. The van der Waals surface area contributed by atoms with Gasteiger partial charge in [0, 0.05) is 28.4 Å². The molecular formula is C21H20FN5OS2. The summed E-state index contributed by atoms with van der Waals surface area (Å²) in [5.74, 6) is -0.153. The molecule has 0 spiro atoms. The van der Waals surface area contributed by atoms with Crippen molar-refractivity contribution in [2.24, 2.45) is 0 Å². The van der Waals surface area contributed by atoms with Crippen LogP contribution in [0.1, 0.15) is 26.6 Å². The highest BCUT2D eigenvalue weighted by molar-refractivity contribution is 7.99. The summed E-state index contributed by atoms with van der Waals surface area (Å²) in [6.45, 7) is 4.85. The van der Waals surface area contributed by atoms with Crippen molar-refractivity contribution in [3.63, 3.8) is 0 Å². The molecule has 0 aliphatic carbocycles. The Labute approximate surface area is 181 Å². The molecule has 0 amide bonds. The normalized spacial score (nSPS) is 11.2. The average molecular weight is 442 g/mol. The molecule has 4 rings (SSSR count). The first-order valence-electron chi connectivity index (χ1n) is 9.42. The number of aromatic nitrogens is 5. The molecule has 0 radical (unpaired) electrons. The van der Waals surface area contributed by atoms with Crippen LogP contribution < -0.4 is 0 Å². The maximum atomic E-state index is 13.5. The fourth-order valence-corrected chi connectivity index (χ4v) is 4.82. The topological polar surface area (TPSA) is 65.6 Å². The molecule has 0 unspecified atom stereocenters. The van der Waals surface area contributed by atoms with Crippen LogP contribution >= 0.6 is 23.1 Å². The third-order valence-electron chi connectivity index (χ3n) is 4.86. The van der Waals surface area contributed by atoms with Crippen LogP contribution in [0, 0.1) is 19.7 Å². The van der Waals surface area contributed by atoms with Crippen molar-refractivity contribution >= 4 is 28.9 Å². The van der Waals surface area contributed by atoms with Crippen molar-refractivity contribution in [3.8, 4) is 5.69 Å². The van der Waals surface area contributed by atoms with Crippen molar-refractivity contribution in [2.45, 2.75) is 32.0 Å². The Balaban J connectivity index is 1.45. The maximum Gasteiger partial charge on any atom is 0.214 e. The molecule has 0 aliphatic heterocycles. The van der Waals surface area contributed by atoms with Gasteiger partial charge in [-0.3, -0.25) is 4.79 Å². The van der Waals surface area contributed by atoms with Crippen LogP contribution in [0.25, 0.3) is 5.69 Å². The van der Waals surface area contributed by atoms with E-state index in [0.29, 0.717) is 10.8 Å². The zero-order valence-electron chi connectivity index (χ0n) is 16.6. The average Bonchev–Trinajstić information content (AvgIpc) is 3.46. The summed E-state index contributed by atoms with van der Waals surface area (Å²) >= 11 is 2.99. The van der Waals surface area contributed by atoms with Crippen LogP contribution in [0.4, 0.5) is 4.39 Å². The van der Waals surface area contributed by atoms with Crippen molar-refractivity contribution < 1.29 is 9.18 Å². The molecule has 3 aromatic heterocycles. The first-order chi connectivity index (χ1) is 14.5. The Morgan fingerprint density at radius 3 is 2.83 bits per heavy atom. The third kappa shape index (κ3) is 4.36. The second-order valence-electron chi connectivity index (χ2n) is 6.83. The van der Waals surface area contributed by atoms with Crippen LogP contribution in [0.5, 0.6) is 0 Å². The first-order valence-corrected chi connectivity index (χ1v) is 11.3. The summed E-state index contributed by atoms with van der Waals surface area (Å²) < 4.78 is 17.1. The minimum Gasteiger partial charge on any atom is -0.348 e. The second kappa shape index (κ2) is 8.93. The summed E-state index contributed by atoms with van der Waals surface area (Å²) in [6.07, 6.45) is 0.943. The van der Waals surface area contributed by atoms with Crippen LogP contribution in [-0.2, 0) is 13.0 Å². The van der Waals surface area contributed by atoms with Crippen LogP contribution in [0.3, 0.4) is 0 Å². The van der Waals surface area contributed by atoms with Gasteiger partial charge in [0.15, 0.2) is 5.78 Å². The zero-order chi connectivity index (χ0) is 21.1. The highest BCUT2D eigenvalue weighted by Crippen LogP contribution is 2.23. The van der Waals surface area contributed by atoms with E-state index in [1.54, 1.807) is 23.5 Å². The van der Waals surface area contributed by atoms with Crippen molar-refractivity contribution in [1.82, 2.24) is 24.8 Å². The fraction of sp³-hybridized carbons (Fsp3) is 0.238. The molecule has 4 aromatic rings. The lowest BCUT2D eigenvalue weighted by atomic mass is 10.2. The number of hydrogen-bond acceptors (Lipinski definition) is 6. The Kier molecular flexibility index (Phi) is 6.10. The molecule has 0 saturated heterocycles. The molecule has 3 heterocycles. The van der Waals surface area contributed by atoms with E-state index in [9.17, 15) is 9.18 Å². The van der Waals surface area contributed by atoms with E-state index in [1.807, 2.05) is 19.9 Å². The van der Waals surface area contributed by atoms with Gasteiger partial charge in [-0.05, 0) is 66.4 Å². The molecule has 154 valence electrons. The third-order valence-corrected chi connectivity index (χ3v) is 6.72. The largest absolute Gasteiger partial charge is 0.348 e. The lowest BCUT2D eigenvalue weighted by Gasteiger charge is -2.09. The van der Waals surface area contributed by atoms with Crippen LogP contribution in [0.2, 0.25) is 0 Å². The van der Waals surface area contributed by atoms with Crippen molar-refractivity contribution in [3.05, 3.63) is 75.5 Å². The van der Waals surface area contributed by atoms with Crippen molar-refractivity contribution in [1.29, 1.82) is 0 Å². The van der Waals surface area contributed by atoms with Gasteiger partial charge in [0.05, 0.1) is 11.4 Å². The van der Waals surface area contributed by atoms with E-state index in [-0.39, 0.29) is 17.4 Å². The molecule has 1 aromatic carbocycles. The quantitative estimate of drug-likeness (QED) is 0.298. The summed E-state index contributed by atoms with van der Waals surface area (Å²) in [5, 5.41) is 14.1. The number of ketones is 1. The lowest BCUT2D eigenvalue weighted by Crippen LogP contribution is -2.08. The highest BCUT2D eigenvalue weighted by Gasteiger charge is 2.18. The van der Waals surface area contributed by atoms with E-state index in [1.165, 1.54) is 33.5 Å². The summed E-state index contributed by atoms with van der Waals surface area (Å²) in [5.41, 5.74) is 3.28. The molecule has 0 bridgehead atoms. The first kappa shape index (κ1) is 20.5. The molecule has 0 aliphatic rings. The van der Waals surface area contributed by atoms with Gasteiger partial charge >= 0.3 is 0 Å². The summed E-state index contributed by atoms with van der Waals surface area (Å²) in [7, 11) is 0. The number of aryl methyl sites for hydroxylation is 2. The minimum atomic E-state index is -0.370. The molecule has 0 N–H and O–H groups in total. The second-order valence-corrected chi connectivity index (χ2v) is 8.81. The highest BCUT2D eigenvalue weighted by atomic mass is 32.2. The van der Waals surface area contributed by atoms with Gasteiger partial charge in [-0.1, -0.05) is 23.9 Å². The molecule has 30 heavy (non-hydrogen) atoms. The van der Waals surface area contributed by atoms with Gasteiger partial charge in [0.2, 0.25) is 5.16 Å². The van der Waals surface area contributed by atoms with Gasteiger partial charge in [-0.15, -0.1) is 16.4 Å². The Hall–Kier alpha value is -2.78. The number of carbonyl (C=O) groups excluding carboxylic acids is 1. The van der Waals surface area contributed by atoms with Crippen LogP contribution in [0.15, 0.2) is 53.0 Å². The standard InChI is InChI=1S/C21H20FN5OS2/c1-14-11-19(15(2)26(14)9-8-18-7-4-10-29-18)20(28)13-30-21-23-24-25-27(21)17-6-3-5-16(22)12-17/h3-7,10-12H,8-9,13H2,1-2H3. The number of thiophene rings is 1. The van der Waals surface area contributed by atoms with E-state index in [4.69, 9.17) is 0 Å². The molecular weight excluding hydrogens is 421 g/mol. The molecule has 0 fully saturated rings. The Morgan fingerprint density at radius 1 is 1.20 bits per heavy atom. The number of benzene rings is 1. The number of hydrogen-bond donors (Lipinski definition) is 0. The summed E-state index contributed by atoms with van der Waals surface area (Å²) in [4.78, 5) is 14.2. The SMILES string of the molecule is Cc1cc(C(=O)CSc2nnnn2-c2cccc(F)c2)c(C)n1CCc1cccs1. The predicted molar refractivity (Wildman–Crippen MR) is 116 cm³/mol. The number of Topliss-reactive ketones (excluding diaryl/α,β-unsaturated/α-hetero) is 1.